The first kappa shape index (κ1) is 19.9. The number of carbonyl (C=O) groups is 2. The molecule has 1 heterocycles. The molecule has 27 heavy (non-hydrogen) atoms. The molecule has 0 aromatic heterocycles. The molecule has 1 aliphatic heterocycles. The van der Waals surface area contributed by atoms with Gasteiger partial charge in [-0.15, -0.1) is 0 Å². The second-order valence-corrected chi connectivity index (χ2v) is 10.1. The fraction of sp³-hybridized carbons (Fsp3) is 0.600. The summed E-state index contributed by atoms with van der Waals surface area (Å²) < 4.78 is 28.8. The summed E-state index contributed by atoms with van der Waals surface area (Å²) in [5, 5.41) is 0. The van der Waals surface area contributed by atoms with E-state index in [1.807, 2.05) is 26.0 Å². The molecule has 1 aromatic carbocycles. The first-order valence-electron chi connectivity index (χ1n) is 9.54. The van der Waals surface area contributed by atoms with Gasteiger partial charge in [-0.25, -0.2) is 13.2 Å². The number of aryl methyl sites for hydroxylation is 2. The largest absolute Gasteiger partial charge is 0.452 e. The van der Waals surface area contributed by atoms with E-state index < -0.39 is 15.8 Å². The Labute approximate surface area is 160 Å². The lowest BCUT2D eigenvalue weighted by molar-refractivity contribution is -0.137. The summed E-state index contributed by atoms with van der Waals surface area (Å²) in [7, 11) is -3.09. The summed E-state index contributed by atoms with van der Waals surface area (Å²) in [6.45, 7) is 4.04. The number of hydrogen-bond acceptors (Lipinski definition) is 5. The number of amides is 1. The molecule has 3 rings (SSSR count). The number of esters is 1. The van der Waals surface area contributed by atoms with Crippen molar-refractivity contribution in [1.82, 2.24) is 4.90 Å². The van der Waals surface area contributed by atoms with Gasteiger partial charge in [0.05, 0.1) is 17.1 Å². The van der Waals surface area contributed by atoms with Crippen LogP contribution >= 0.6 is 0 Å². The number of hydrogen-bond donors (Lipinski definition) is 0. The lowest BCUT2D eigenvalue weighted by atomic mass is 10.1. The van der Waals surface area contributed by atoms with E-state index in [-0.39, 0.29) is 36.0 Å². The van der Waals surface area contributed by atoms with Crippen LogP contribution in [-0.4, -0.2) is 55.9 Å². The van der Waals surface area contributed by atoms with Crippen LogP contribution in [0.2, 0.25) is 0 Å². The minimum absolute atomic E-state index is 0.00969. The zero-order chi connectivity index (χ0) is 19.6. The van der Waals surface area contributed by atoms with E-state index in [0.29, 0.717) is 18.5 Å². The summed E-state index contributed by atoms with van der Waals surface area (Å²) in [6, 6.07) is 5.22. The van der Waals surface area contributed by atoms with Crippen LogP contribution in [0.25, 0.3) is 0 Å². The first-order valence-corrected chi connectivity index (χ1v) is 11.4. The minimum Gasteiger partial charge on any atom is -0.452 e. The van der Waals surface area contributed by atoms with Crippen LogP contribution in [-0.2, 0) is 32.2 Å². The van der Waals surface area contributed by atoms with Crippen LogP contribution in [0.3, 0.4) is 0 Å². The van der Waals surface area contributed by atoms with Gasteiger partial charge in [0.15, 0.2) is 16.4 Å². The highest BCUT2D eigenvalue weighted by Crippen LogP contribution is 2.23. The Morgan fingerprint density at radius 2 is 1.96 bits per heavy atom. The van der Waals surface area contributed by atoms with E-state index in [1.54, 1.807) is 11.0 Å². The number of fused-ring (bicyclic) bond motifs is 1. The Bertz CT molecular complexity index is 831. The molecule has 148 valence electrons. The Balaban J connectivity index is 1.62. The highest BCUT2D eigenvalue weighted by molar-refractivity contribution is 7.91. The Morgan fingerprint density at radius 3 is 2.63 bits per heavy atom. The zero-order valence-corrected chi connectivity index (χ0v) is 16.8. The molecular weight excluding hydrogens is 366 g/mol. The third kappa shape index (κ3) is 4.89. The molecule has 0 bridgehead atoms. The number of carbonyl (C=O) groups excluding carboxylic acids is 2. The predicted octanol–water partition coefficient (Wildman–Crippen LogP) is 2.00. The predicted molar refractivity (Wildman–Crippen MR) is 102 cm³/mol. The van der Waals surface area contributed by atoms with Crippen LogP contribution in [0.1, 0.15) is 48.2 Å². The van der Waals surface area contributed by atoms with Gasteiger partial charge in [0.1, 0.15) is 0 Å². The highest BCUT2D eigenvalue weighted by atomic mass is 32.2. The molecule has 7 heteroatoms. The molecule has 0 saturated carbocycles. The number of sulfone groups is 1. The van der Waals surface area contributed by atoms with E-state index in [0.717, 1.165) is 19.3 Å². The fourth-order valence-electron chi connectivity index (χ4n) is 3.86. The monoisotopic (exact) mass is 393 g/mol. The van der Waals surface area contributed by atoms with Gasteiger partial charge >= 0.3 is 5.97 Å². The number of rotatable bonds is 6. The molecule has 0 N–H and O–H groups in total. The van der Waals surface area contributed by atoms with Crippen molar-refractivity contribution in [2.45, 2.75) is 45.6 Å². The van der Waals surface area contributed by atoms with E-state index in [2.05, 4.69) is 0 Å². The highest BCUT2D eigenvalue weighted by Gasteiger charge is 2.35. The third-order valence-corrected chi connectivity index (χ3v) is 6.94. The van der Waals surface area contributed by atoms with Crippen molar-refractivity contribution in [2.75, 3.05) is 24.7 Å². The van der Waals surface area contributed by atoms with Gasteiger partial charge in [-0.2, -0.15) is 0 Å². The maximum atomic E-state index is 12.7. The van der Waals surface area contributed by atoms with Gasteiger partial charge in [0.25, 0.3) is 5.91 Å². The smallest absolute Gasteiger partial charge is 0.338 e. The standard InChI is InChI=1S/C20H27NO5S/c1-14(2)11-21(18-8-9-27(24,25)13-18)19(22)12-26-20(23)17-7-6-15-4-3-5-16(15)10-17/h6-7,10,14,18H,3-5,8-9,11-13H2,1-2H3/t18-/m0/s1. The maximum absolute atomic E-state index is 12.7. The van der Waals surface area contributed by atoms with Gasteiger partial charge in [-0.05, 0) is 54.9 Å². The van der Waals surface area contributed by atoms with E-state index in [1.165, 1.54) is 11.1 Å². The molecule has 0 spiro atoms. The Hall–Kier alpha value is -1.89. The van der Waals surface area contributed by atoms with Crippen LogP contribution in [0, 0.1) is 5.92 Å². The van der Waals surface area contributed by atoms with Crippen molar-refractivity contribution in [2.24, 2.45) is 5.92 Å². The lowest BCUT2D eigenvalue weighted by Gasteiger charge is -2.29. The van der Waals surface area contributed by atoms with Crippen molar-refractivity contribution in [3.63, 3.8) is 0 Å². The summed E-state index contributed by atoms with van der Waals surface area (Å²) in [5.41, 5.74) is 2.91. The number of nitrogens with zero attached hydrogens (tertiary/aromatic N) is 1. The Kier molecular flexibility index (Phi) is 5.89. The molecular formula is C20H27NO5S. The normalized spacial score (nSPS) is 20.5. The van der Waals surface area contributed by atoms with E-state index in [4.69, 9.17) is 4.74 Å². The number of ether oxygens (including phenoxy) is 1. The topological polar surface area (TPSA) is 80.8 Å². The lowest BCUT2D eigenvalue weighted by Crippen LogP contribution is -2.45. The molecule has 6 nitrogen and oxygen atoms in total. The van der Waals surface area contributed by atoms with Crippen molar-refractivity contribution in [3.8, 4) is 0 Å². The molecule has 1 saturated heterocycles. The molecule has 0 unspecified atom stereocenters. The summed E-state index contributed by atoms with van der Waals surface area (Å²) in [5.74, 6) is -0.551. The maximum Gasteiger partial charge on any atom is 0.338 e. The first-order chi connectivity index (χ1) is 12.7. The van der Waals surface area contributed by atoms with Gasteiger partial charge in [0.2, 0.25) is 0 Å². The van der Waals surface area contributed by atoms with Crippen molar-refractivity contribution >= 4 is 21.7 Å². The minimum atomic E-state index is -3.09. The van der Waals surface area contributed by atoms with Gasteiger partial charge < -0.3 is 9.64 Å². The second-order valence-electron chi connectivity index (χ2n) is 7.91. The second kappa shape index (κ2) is 8.00. The average Bonchev–Trinajstić information content (AvgIpc) is 3.22. The summed E-state index contributed by atoms with van der Waals surface area (Å²) in [4.78, 5) is 26.6. The SMILES string of the molecule is CC(C)CN(C(=O)COC(=O)c1ccc2c(c1)CCC2)[C@H]1CCS(=O)(=O)C1. The molecule has 2 aliphatic rings. The average molecular weight is 394 g/mol. The van der Waals surface area contributed by atoms with Gasteiger partial charge in [-0.1, -0.05) is 19.9 Å². The van der Waals surface area contributed by atoms with Gasteiger partial charge in [-0.3, -0.25) is 4.79 Å². The summed E-state index contributed by atoms with van der Waals surface area (Å²) >= 11 is 0. The van der Waals surface area contributed by atoms with Crippen molar-refractivity contribution < 1.29 is 22.7 Å². The van der Waals surface area contributed by atoms with Crippen LogP contribution in [0.4, 0.5) is 0 Å². The van der Waals surface area contributed by atoms with Crippen LogP contribution in [0.15, 0.2) is 18.2 Å². The zero-order valence-electron chi connectivity index (χ0n) is 15.9. The van der Waals surface area contributed by atoms with Gasteiger partial charge in [0, 0.05) is 12.6 Å². The van der Waals surface area contributed by atoms with Crippen molar-refractivity contribution in [3.05, 3.63) is 34.9 Å². The van der Waals surface area contributed by atoms with E-state index >= 15 is 0 Å². The van der Waals surface area contributed by atoms with Crippen LogP contribution in [0.5, 0.6) is 0 Å². The third-order valence-electron chi connectivity index (χ3n) is 5.19. The molecule has 1 fully saturated rings. The summed E-state index contributed by atoms with van der Waals surface area (Å²) in [6.07, 6.45) is 3.55. The number of benzene rings is 1. The quantitative estimate of drug-likeness (QED) is 0.691. The van der Waals surface area contributed by atoms with E-state index in [9.17, 15) is 18.0 Å². The molecule has 1 aliphatic carbocycles. The molecule has 1 aromatic rings. The fourth-order valence-corrected chi connectivity index (χ4v) is 5.59. The van der Waals surface area contributed by atoms with Crippen LogP contribution < -0.4 is 0 Å². The molecule has 1 atom stereocenters. The van der Waals surface area contributed by atoms with Crippen molar-refractivity contribution in [1.29, 1.82) is 0 Å². The molecule has 0 radical (unpaired) electrons. The molecule has 1 amide bonds. The Morgan fingerprint density at radius 1 is 1.22 bits per heavy atom.